The van der Waals surface area contributed by atoms with Crippen molar-refractivity contribution in [3.63, 3.8) is 0 Å². The molecule has 9 atom stereocenters. The molecule has 4 rings (SSSR count). The molecule has 0 aromatic heterocycles. The fraction of sp³-hybridized carbons (Fsp3) is 0.723. The summed E-state index contributed by atoms with van der Waals surface area (Å²) in [5, 5.41) is 9.91. The van der Waals surface area contributed by atoms with Crippen LogP contribution in [0.2, 0.25) is 0 Å². The molecule has 1 aromatic carbocycles. The number of carbonyl (C=O) groups excluding carboxylic acids is 7. The molecule has 3 saturated carbocycles. The molecule has 0 aliphatic heterocycles. The zero-order valence-corrected chi connectivity index (χ0v) is 35.0. The van der Waals surface area contributed by atoms with Gasteiger partial charge in [-0.05, 0) is 126 Å². The number of aromatic hydroxyl groups is 1. The van der Waals surface area contributed by atoms with Crippen LogP contribution in [-0.4, -0.2) is 58.8 Å². The molecule has 3 fully saturated rings. The van der Waals surface area contributed by atoms with Gasteiger partial charge in [-0.3, -0.25) is 28.8 Å². The van der Waals surface area contributed by atoms with Crippen molar-refractivity contribution in [2.24, 2.45) is 70.5 Å². The van der Waals surface area contributed by atoms with E-state index in [1.807, 2.05) is 0 Å². The smallest absolute Gasteiger partial charge is 0.220 e. The van der Waals surface area contributed by atoms with Gasteiger partial charge in [-0.15, -0.1) is 0 Å². The number of ketones is 6. The third-order valence-corrected chi connectivity index (χ3v) is 13.8. The third-order valence-electron chi connectivity index (χ3n) is 13.8. The van der Waals surface area contributed by atoms with Crippen LogP contribution in [0.4, 0.5) is 0 Å². The molecular formula is C47H71N3O8. The molecule has 1 aromatic rings. The number of Topliss-reactive ketones (excluding diaryl/α,β-unsaturated/α-hetero) is 6. The Labute approximate surface area is 345 Å². The number of amides is 1. The van der Waals surface area contributed by atoms with Crippen LogP contribution in [0.3, 0.4) is 0 Å². The monoisotopic (exact) mass is 806 g/mol. The van der Waals surface area contributed by atoms with Crippen LogP contribution in [0.25, 0.3) is 0 Å². The minimum Gasteiger partial charge on any atom is -0.508 e. The number of carbonyl (C=O) groups is 7. The molecule has 3 aliphatic rings. The fourth-order valence-electron chi connectivity index (χ4n) is 10.5. The molecule has 322 valence electrons. The Morgan fingerprint density at radius 3 is 1.45 bits per heavy atom. The number of hydrogen-bond donors (Lipinski definition) is 4. The predicted molar refractivity (Wildman–Crippen MR) is 223 cm³/mol. The molecule has 0 saturated heterocycles. The van der Waals surface area contributed by atoms with E-state index in [0.717, 1.165) is 69.8 Å². The van der Waals surface area contributed by atoms with Gasteiger partial charge < -0.3 is 27.1 Å². The molecule has 7 N–H and O–H groups in total. The van der Waals surface area contributed by atoms with Crippen molar-refractivity contribution < 1.29 is 38.7 Å². The maximum absolute atomic E-state index is 14.3. The minimum absolute atomic E-state index is 0.0165. The summed E-state index contributed by atoms with van der Waals surface area (Å²) >= 11 is 0. The van der Waals surface area contributed by atoms with Gasteiger partial charge in [0, 0.05) is 74.0 Å². The van der Waals surface area contributed by atoms with Crippen molar-refractivity contribution in [3.05, 3.63) is 29.8 Å². The first-order valence-corrected chi connectivity index (χ1v) is 22.4. The summed E-state index contributed by atoms with van der Waals surface area (Å²) in [5.74, 6) is -3.13. The lowest BCUT2D eigenvalue weighted by atomic mass is 9.77. The van der Waals surface area contributed by atoms with Gasteiger partial charge in [-0.25, -0.2) is 0 Å². The van der Waals surface area contributed by atoms with E-state index in [9.17, 15) is 38.7 Å². The number of hydrogen-bond acceptors (Lipinski definition) is 10. The zero-order valence-electron chi connectivity index (χ0n) is 35.0. The standard InChI is InChI=1S/C47H71N3O8/c1-30(51)23-32-11-6-14-39(32)44(55)27-35(9-2-4-21-48)42(53)25-33-12-7-16-41(33)46(57)29-37(24-31-17-19-38(52)20-18-31)43(54)26-34-13-8-15-40(34)45(56)28-36(47(50)58)10-3-5-22-49/h17-20,32-37,39-41,52H,2-16,21-29,48-49H2,1H3,(H2,50,58)/t32?,33?,34?,35-,36-,37-,39?,40?,41?/m0/s1. The van der Waals surface area contributed by atoms with Crippen molar-refractivity contribution in [2.45, 2.75) is 148 Å². The highest BCUT2D eigenvalue weighted by molar-refractivity contribution is 5.93. The summed E-state index contributed by atoms with van der Waals surface area (Å²) in [4.78, 5) is 93.8. The average molecular weight is 806 g/mol. The zero-order chi connectivity index (χ0) is 42.2. The van der Waals surface area contributed by atoms with Gasteiger partial charge in [-0.1, -0.05) is 44.2 Å². The number of unbranched alkanes of at least 4 members (excludes halogenated alkanes) is 2. The van der Waals surface area contributed by atoms with Crippen LogP contribution in [0.15, 0.2) is 24.3 Å². The first-order chi connectivity index (χ1) is 27.8. The second kappa shape index (κ2) is 23.9. The van der Waals surface area contributed by atoms with Crippen molar-refractivity contribution >= 4 is 40.6 Å². The molecule has 58 heavy (non-hydrogen) atoms. The lowest BCUT2D eigenvalue weighted by Crippen LogP contribution is -2.32. The van der Waals surface area contributed by atoms with Crippen LogP contribution in [0.1, 0.15) is 147 Å². The fourth-order valence-corrected chi connectivity index (χ4v) is 10.5. The maximum atomic E-state index is 14.3. The first kappa shape index (κ1) is 47.1. The molecule has 0 bridgehead atoms. The third kappa shape index (κ3) is 14.3. The molecule has 0 heterocycles. The Morgan fingerprint density at radius 1 is 0.586 bits per heavy atom. The van der Waals surface area contributed by atoms with Gasteiger partial charge >= 0.3 is 0 Å². The van der Waals surface area contributed by atoms with Crippen LogP contribution in [0.5, 0.6) is 5.75 Å². The van der Waals surface area contributed by atoms with Crippen molar-refractivity contribution in [1.29, 1.82) is 0 Å². The highest BCUT2D eigenvalue weighted by atomic mass is 16.3. The van der Waals surface area contributed by atoms with Gasteiger partial charge in [0.25, 0.3) is 0 Å². The molecule has 11 heteroatoms. The van der Waals surface area contributed by atoms with Gasteiger partial charge in [0.2, 0.25) is 5.91 Å². The van der Waals surface area contributed by atoms with Crippen LogP contribution >= 0.6 is 0 Å². The lowest BCUT2D eigenvalue weighted by molar-refractivity contribution is -0.134. The normalized spacial score (nSPS) is 24.6. The van der Waals surface area contributed by atoms with Crippen molar-refractivity contribution in [1.82, 2.24) is 0 Å². The Kier molecular flexibility index (Phi) is 19.4. The highest BCUT2D eigenvalue weighted by Gasteiger charge is 2.41. The van der Waals surface area contributed by atoms with Crippen LogP contribution < -0.4 is 17.2 Å². The second-order valence-corrected chi connectivity index (χ2v) is 18.1. The first-order valence-electron chi connectivity index (χ1n) is 22.4. The van der Waals surface area contributed by atoms with Gasteiger partial charge in [0.05, 0.1) is 0 Å². The maximum Gasteiger partial charge on any atom is 0.220 e. The molecule has 1 amide bonds. The van der Waals surface area contributed by atoms with E-state index in [2.05, 4.69) is 0 Å². The van der Waals surface area contributed by atoms with Crippen LogP contribution in [-0.2, 0) is 40.0 Å². The number of rotatable bonds is 28. The number of nitrogens with two attached hydrogens (primary N) is 3. The van der Waals surface area contributed by atoms with Crippen LogP contribution in [0, 0.1) is 53.3 Å². The predicted octanol–water partition coefficient (Wildman–Crippen LogP) is 6.55. The summed E-state index contributed by atoms with van der Waals surface area (Å²) in [6, 6.07) is 6.65. The number of benzene rings is 1. The summed E-state index contributed by atoms with van der Waals surface area (Å²) in [5.41, 5.74) is 17.9. The van der Waals surface area contributed by atoms with Gasteiger partial charge in [0.15, 0.2) is 0 Å². The van der Waals surface area contributed by atoms with E-state index >= 15 is 0 Å². The largest absolute Gasteiger partial charge is 0.508 e. The number of phenolic OH excluding ortho intramolecular Hbond substituents is 1. The van der Waals surface area contributed by atoms with Gasteiger partial charge in [-0.2, -0.15) is 0 Å². The highest BCUT2D eigenvalue weighted by Crippen LogP contribution is 2.41. The van der Waals surface area contributed by atoms with Crippen molar-refractivity contribution in [3.8, 4) is 5.75 Å². The SMILES string of the molecule is CC(=O)CC1CCCC1C(=O)C[C@H](CCCCN)C(=O)CC1CCCC1C(=O)C[C@H](Cc1ccc(O)cc1)C(=O)CC1CCCC1C(=O)C[C@H](CCCCN)C(N)=O. The topological polar surface area (TPSA) is 218 Å². The van der Waals surface area contributed by atoms with E-state index in [-0.39, 0.29) is 108 Å². The summed E-state index contributed by atoms with van der Waals surface area (Å²) < 4.78 is 0. The summed E-state index contributed by atoms with van der Waals surface area (Å²) in [7, 11) is 0. The van der Waals surface area contributed by atoms with Gasteiger partial charge in [0.1, 0.15) is 40.4 Å². The average Bonchev–Trinajstić information content (AvgIpc) is 3.96. The van der Waals surface area contributed by atoms with Crippen molar-refractivity contribution in [2.75, 3.05) is 13.1 Å². The molecule has 11 nitrogen and oxygen atoms in total. The Bertz CT molecular complexity index is 1560. The quantitative estimate of drug-likeness (QED) is 0.0670. The number of primary amides is 1. The second-order valence-electron chi connectivity index (χ2n) is 18.1. The summed E-state index contributed by atoms with van der Waals surface area (Å²) in [6.07, 6.45) is 12.3. The molecule has 0 radical (unpaired) electrons. The molecular weight excluding hydrogens is 735 g/mol. The molecule has 6 unspecified atom stereocenters. The van der Waals surface area contributed by atoms with E-state index in [0.29, 0.717) is 58.0 Å². The number of phenols is 1. The lowest BCUT2D eigenvalue weighted by Gasteiger charge is -2.25. The Balaban J connectivity index is 1.44. The van der Waals surface area contributed by atoms with E-state index in [1.54, 1.807) is 31.2 Å². The van der Waals surface area contributed by atoms with E-state index in [4.69, 9.17) is 17.2 Å². The molecule has 3 aliphatic carbocycles. The Hall–Kier alpha value is -3.57. The minimum atomic E-state index is -0.629. The molecule has 0 spiro atoms. The van der Waals surface area contributed by atoms with E-state index < -0.39 is 23.7 Å². The van der Waals surface area contributed by atoms with E-state index in [1.165, 1.54) is 0 Å². The summed E-state index contributed by atoms with van der Waals surface area (Å²) in [6.45, 7) is 2.57. The Morgan fingerprint density at radius 2 is 1.00 bits per heavy atom.